The molecule has 2 atom stereocenters. The van der Waals surface area contributed by atoms with Crippen molar-refractivity contribution in [2.24, 2.45) is 0 Å². The average Bonchev–Trinajstić information content (AvgIpc) is 2.63. The lowest BCUT2D eigenvalue weighted by molar-refractivity contribution is 0.190. The van der Waals surface area contributed by atoms with Crippen LogP contribution in [0.25, 0.3) is 0 Å². The smallest absolute Gasteiger partial charge is 0.0745 e. The van der Waals surface area contributed by atoms with E-state index in [4.69, 9.17) is 16.3 Å². The molecule has 1 aliphatic heterocycles. The maximum absolute atomic E-state index is 6.04. The van der Waals surface area contributed by atoms with Crippen LogP contribution in [0.3, 0.4) is 0 Å². The monoisotopic (exact) mass is 212 g/mol. The normalized spacial score (nSPS) is 26.6. The number of hydrogen-bond acceptors (Lipinski definition) is 3. The van der Waals surface area contributed by atoms with Crippen LogP contribution in [0.5, 0.6) is 0 Å². The molecule has 1 saturated heterocycles. The Bertz CT molecular complexity index is 281. The van der Waals surface area contributed by atoms with Crippen molar-refractivity contribution in [1.29, 1.82) is 0 Å². The summed E-state index contributed by atoms with van der Waals surface area (Å²) in [7, 11) is 0. The van der Waals surface area contributed by atoms with E-state index in [9.17, 15) is 0 Å². The Balaban J connectivity index is 1.82. The zero-order valence-electron chi connectivity index (χ0n) is 7.82. The minimum Gasteiger partial charge on any atom is -0.378 e. The summed E-state index contributed by atoms with van der Waals surface area (Å²) in [5, 5.41) is 3.44. The van der Waals surface area contributed by atoms with Gasteiger partial charge in [0.2, 0.25) is 0 Å². The molecule has 76 valence electrons. The number of hydrogen-bond donors (Lipinski definition) is 1. The molecule has 1 aromatic rings. The molecule has 0 amide bonds. The molecule has 2 heterocycles. The third kappa shape index (κ3) is 2.44. The van der Waals surface area contributed by atoms with Crippen molar-refractivity contribution in [2.75, 3.05) is 13.2 Å². The summed E-state index contributed by atoms with van der Waals surface area (Å²) in [6.07, 6.45) is 3.62. The summed E-state index contributed by atoms with van der Waals surface area (Å²) in [4.78, 5) is 4.04. The maximum Gasteiger partial charge on any atom is 0.0745 e. The summed E-state index contributed by atoms with van der Waals surface area (Å²) in [5.74, 6) is 0. The van der Waals surface area contributed by atoms with E-state index in [1.807, 2.05) is 18.3 Å². The first-order chi connectivity index (χ1) is 6.86. The quantitative estimate of drug-likeness (QED) is 0.765. The Kier molecular flexibility index (Phi) is 3.35. The molecule has 0 aliphatic carbocycles. The Labute approximate surface area is 88.4 Å². The van der Waals surface area contributed by atoms with Crippen LogP contribution in [-0.2, 0) is 11.3 Å². The van der Waals surface area contributed by atoms with E-state index in [2.05, 4.69) is 10.3 Å². The van der Waals surface area contributed by atoms with Gasteiger partial charge in [0.25, 0.3) is 0 Å². The lowest BCUT2D eigenvalue weighted by Crippen LogP contribution is -2.35. The van der Waals surface area contributed by atoms with Crippen LogP contribution in [0.2, 0.25) is 0 Å². The molecule has 4 heteroatoms. The molecular formula is C10H13ClN2O. The van der Waals surface area contributed by atoms with Crippen LogP contribution in [0.1, 0.15) is 5.56 Å². The number of nitrogens with zero attached hydrogens (tertiary/aromatic N) is 1. The van der Waals surface area contributed by atoms with Gasteiger partial charge in [-0.15, -0.1) is 11.6 Å². The molecule has 14 heavy (non-hydrogen) atoms. The topological polar surface area (TPSA) is 34.1 Å². The Morgan fingerprint density at radius 2 is 2.50 bits per heavy atom. The summed E-state index contributed by atoms with van der Waals surface area (Å²) in [5.41, 5.74) is 1.17. The molecule has 1 fully saturated rings. The largest absolute Gasteiger partial charge is 0.378 e. The van der Waals surface area contributed by atoms with Crippen molar-refractivity contribution >= 4 is 11.6 Å². The van der Waals surface area contributed by atoms with Crippen molar-refractivity contribution in [3.8, 4) is 0 Å². The fourth-order valence-corrected chi connectivity index (χ4v) is 1.72. The van der Waals surface area contributed by atoms with Crippen LogP contribution < -0.4 is 5.32 Å². The van der Waals surface area contributed by atoms with Gasteiger partial charge in [0, 0.05) is 25.0 Å². The highest BCUT2D eigenvalue weighted by atomic mass is 35.5. The summed E-state index contributed by atoms with van der Waals surface area (Å²) >= 11 is 6.04. The van der Waals surface area contributed by atoms with E-state index >= 15 is 0 Å². The van der Waals surface area contributed by atoms with E-state index in [0.29, 0.717) is 13.2 Å². The van der Waals surface area contributed by atoms with Crippen LogP contribution >= 0.6 is 11.6 Å². The highest BCUT2D eigenvalue weighted by Crippen LogP contribution is 2.12. The van der Waals surface area contributed by atoms with Crippen LogP contribution in [0.15, 0.2) is 24.5 Å². The Hall–Kier alpha value is -0.640. The Morgan fingerprint density at radius 1 is 1.57 bits per heavy atom. The SMILES string of the molecule is ClC1COCC1NCc1cccnc1. The molecular weight excluding hydrogens is 200 g/mol. The van der Waals surface area contributed by atoms with Gasteiger partial charge in [-0.1, -0.05) is 6.07 Å². The predicted molar refractivity (Wildman–Crippen MR) is 55.3 cm³/mol. The fourth-order valence-electron chi connectivity index (χ4n) is 1.47. The van der Waals surface area contributed by atoms with Gasteiger partial charge in [-0.3, -0.25) is 4.98 Å². The molecule has 0 bridgehead atoms. The predicted octanol–water partition coefficient (Wildman–Crippen LogP) is 1.18. The molecule has 0 spiro atoms. The summed E-state index contributed by atoms with van der Waals surface area (Å²) < 4.78 is 5.25. The van der Waals surface area contributed by atoms with E-state index in [1.165, 1.54) is 5.56 Å². The lowest BCUT2D eigenvalue weighted by Gasteiger charge is -2.13. The molecule has 2 rings (SSSR count). The molecule has 0 saturated carbocycles. The van der Waals surface area contributed by atoms with Gasteiger partial charge in [-0.05, 0) is 11.6 Å². The zero-order chi connectivity index (χ0) is 9.80. The molecule has 1 aliphatic rings. The van der Waals surface area contributed by atoms with Crippen molar-refractivity contribution in [2.45, 2.75) is 18.0 Å². The standard InChI is InChI=1S/C10H13ClN2O/c11-9-6-14-7-10(9)13-5-8-2-1-3-12-4-8/h1-4,9-10,13H,5-7H2. The van der Waals surface area contributed by atoms with Gasteiger partial charge in [0.05, 0.1) is 18.6 Å². The molecule has 0 radical (unpaired) electrons. The third-order valence-corrected chi connectivity index (χ3v) is 2.73. The molecule has 1 aromatic heterocycles. The van der Waals surface area contributed by atoms with Gasteiger partial charge in [0.1, 0.15) is 0 Å². The van der Waals surface area contributed by atoms with Crippen LogP contribution in [0, 0.1) is 0 Å². The van der Waals surface area contributed by atoms with Gasteiger partial charge in [0.15, 0.2) is 0 Å². The summed E-state index contributed by atoms with van der Waals surface area (Å²) in [6, 6.07) is 4.23. The van der Waals surface area contributed by atoms with Crippen LogP contribution in [0.4, 0.5) is 0 Å². The number of alkyl halides is 1. The molecule has 0 aromatic carbocycles. The number of rotatable bonds is 3. The minimum atomic E-state index is 0.0895. The zero-order valence-corrected chi connectivity index (χ0v) is 8.57. The first-order valence-electron chi connectivity index (χ1n) is 4.70. The average molecular weight is 213 g/mol. The highest BCUT2D eigenvalue weighted by Gasteiger charge is 2.25. The Morgan fingerprint density at radius 3 is 3.14 bits per heavy atom. The minimum absolute atomic E-state index is 0.0895. The first kappa shape index (κ1) is 9.90. The third-order valence-electron chi connectivity index (χ3n) is 2.30. The van der Waals surface area contributed by atoms with Gasteiger partial charge in [-0.25, -0.2) is 0 Å². The number of aromatic nitrogens is 1. The fraction of sp³-hybridized carbons (Fsp3) is 0.500. The molecule has 2 unspecified atom stereocenters. The van der Waals surface area contributed by atoms with Gasteiger partial charge >= 0.3 is 0 Å². The van der Waals surface area contributed by atoms with Gasteiger partial charge < -0.3 is 10.1 Å². The van der Waals surface area contributed by atoms with Crippen LogP contribution in [-0.4, -0.2) is 29.6 Å². The second kappa shape index (κ2) is 4.73. The number of pyridine rings is 1. The second-order valence-corrected chi connectivity index (χ2v) is 3.96. The van der Waals surface area contributed by atoms with Crippen molar-refractivity contribution in [1.82, 2.24) is 10.3 Å². The van der Waals surface area contributed by atoms with E-state index in [1.54, 1.807) is 6.20 Å². The van der Waals surface area contributed by atoms with Crippen molar-refractivity contribution in [3.63, 3.8) is 0 Å². The first-order valence-corrected chi connectivity index (χ1v) is 5.14. The number of halogens is 1. The molecule has 1 N–H and O–H groups in total. The second-order valence-electron chi connectivity index (χ2n) is 3.40. The molecule has 3 nitrogen and oxygen atoms in total. The number of ether oxygens (including phenoxy) is 1. The number of nitrogens with one attached hydrogen (secondary N) is 1. The highest BCUT2D eigenvalue weighted by molar-refractivity contribution is 6.21. The maximum atomic E-state index is 6.04. The van der Waals surface area contributed by atoms with E-state index in [-0.39, 0.29) is 11.4 Å². The summed E-state index contributed by atoms with van der Waals surface area (Å²) in [6.45, 7) is 2.14. The van der Waals surface area contributed by atoms with E-state index in [0.717, 1.165) is 6.54 Å². The van der Waals surface area contributed by atoms with Gasteiger partial charge in [-0.2, -0.15) is 0 Å². The van der Waals surface area contributed by atoms with Crippen molar-refractivity contribution in [3.05, 3.63) is 30.1 Å². The lowest BCUT2D eigenvalue weighted by atomic mass is 10.2. The van der Waals surface area contributed by atoms with E-state index < -0.39 is 0 Å². The van der Waals surface area contributed by atoms with Crippen molar-refractivity contribution < 1.29 is 4.74 Å².